The number of alkyl halides is 2. The number of esters is 2. The minimum absolute atomic E-state index is 0.0290. The number of halogens is 5. The predicted molar refractivity (Wildman–Crippen MR) is 196 cm³/mol. The first-order valence-corrected chi connectivity index (χ1v) is 18.4. The summed E-state index contributed by atoms with van der Waals surface area (Å²) in [6.07, 6.45) is 2.75. The summed E-state index contributed by atoms with van der Waals surface area (Å²) in [4.78, 5) is 29.5. The molecule has 4 fully saturated rings. The van der Waals surface area contributed by atoms with Crippen LogP contribution in [0.5, 0.6) is 11.5 Å². The number of nitrogens with one attached hydrogen (secondary N) is 1. The van der Waals surface area contributed by atoms with Crippen molar-refractivity contribution in [2.75, 3.05) is 31.6 Å². The molecule has 0 amide bonds. The maximum Gasteiger partial charge on any atom is 0.387 e. The van der Waals surface area contributed by atoms with Crippen molar-refractivity contribution in [3.63, 3.8) is 0 Å². The maximum atomic E-state index is 13.8. The van der Waals surface area contributed by atoms with Crippen LogP contribution in [0.15, 0.2) is 88.9 Å². The Labute approximate surface area is 316 Å². The van der Waals surface area contributed by atoms with Gasteiger partial charge in [-0.1, -0.05) is 48.0 Å². The van der Waals surface area contributed by atoms with Crippen molar-refractivity contribution in [1.29, 1.82) is 0 Å². The minimum atomic E-state index is -3.06. The number of rotatable bonds is 16. The lowest BCUT2D eigenvalue weighted by atomic mass is 9.86. The third-order valence-electron chi connectivity index (χ3n) is 9.84. The Bertz CT molecular complexity index is 1810. The number of carbonyl (C=O) groups excluding carboxylic acids is 2. The van der Waals surface area contributed by atoms with Gasteiger partial charge in [0, 0.05) is 28.7 Å². The van der Waals surface area contributed by atoms with Gasteiger partial charge in [-0.3, -0.25) is 4.90 Å². The third kappa shape index (κ3) is 10.3. The molecule has 4 aliphatic rings. The number of nitrogens with zero attached hydrogens (tertiary/aromatic N) is 1. The fourth-order valence-electron chi connectivity index (χ4n) is 6.64. The molecule has 1 unspecified atom stereocenters. The molecule has 3 aromatic carbocycles. The number of fused-ring (bicyclic) bond motifs is 3. The van der Waals surface area contributed by atoms with E-state index in [0.717, 1.165) is 38.8 Å². The number of anilines is 1. The average molecular weight is 774 g/mol. The van der Waals surface area contributed by atoms with Crippen molar-refractivity contribution < 1.29 is 41.7 Å². The lowest BCUT2D eigenvalue weighted by Crippen LogP contribution is -2.52. The highest BCUT2D eigenvalue weighted by Crippen LogP contribution is 2.39. The monoisotopic (exact) mass is 772 g/mol. The largest absolute Gasteiger partial charge is 0.489 e. The van der Waals surface area contributed by atoms with Gasteiger partial charge in [-0.2, -0.15) is 8.78 Å². The Kier molecular flexibility index (Phi) is 12.6. The van der Waals surface area contributed by atoms with Gasteiger partial charge in [0.25, 0.3) is 0 Å². The average Bonchev–Trinajstić information content (AvgIpc) is 3.97. The van der Waals surface area contributed by atoms with E-state index in [4.69, 9.17) is 42.1 Å². The van der Waals surface area contributed by atoms with Crippen LogP contribution in [0, 0.1) is 17.7 Å². The van der Waals surface area contributed by atoms with E-state index in [1.165, 1.54) is 54.6 Å². The van der Waals surface area contributed by atoms with Gasteiger partial charge >= 0.3 is 18.6 Å². The van der Waals surface area contributed by atoms with Gasteiger partial charge in [0.15, 0.2) is 17.5 Å². The molecule has 3 aromatic rings. The van der Waals surface area contributed by atoms with Crippen molar-refractivity contribution in [3.05, 3.63) is 111 Å². The Balaban J connectivity index is 1.21. The molecule has 0 aromatic heterocycles. The smallest absolute Gasteiger partial charge is 0.387 e. The van der Waals surface area contributed by atoms with Crippen LogP contribution in [0.25, 0.3) is 0 Å². The zero-order valence-electron chi connectivity index (χ0n) is 29.2. The van der Waals surface area contributed by atoms with Crippen LogP contribution in [0.4, 0.5) is 18.9 Å². The number of hydrogen-bond acceptors (Lipinski definition) is 8. The van der Waals surface area contributed by atoms with Crippen molar-refractivity contribution >= 4 is 40.8 Å². The van der Waals surface area contributed by atoms with Gasteiger partial charge in [-0.05, 0) is 123 Å². The zero-order valence-corrected chi connectivity index (χ0v) is 30.7. The third-order valence-corrected chi connectivity index (χ3v) is 10.3. The highest BCUT2D eigenvalue weighted by Gasteiger charge is 2.38. The van der Waals surface area contributed by atoms with Crippen molar-refractivity contribution in [2.45, 2.75) is 63.9 Å². The van der Waals surface area contributed by atoms with Gasteiger partial charge in [0.2, 0.25) is 0 Å². The number of carbonyl (C=O) groups is 2. The molecular formula is C40H41Cl2F3N2O6. The highest BCUT2D eigenvalue weighted by molar-refractivity contribution is 6.35. The topological polar surface area (TPSA) is 86.3 Å². The summed E-state index contributed by atoms with van der Waals surface area (Å²) < 4.78 is 62.8. The van der Waals surface area contributed by atoms with Gasteiger partial charge in [0.1, 0.15) is 18.0 Å². The van der Waals surface area contributed by atoms with Crippen LogP contribution < -0.4 is 14.8 Å². The molecule has 0 spiro atoms. The van der Waals surface area contributed by atoms with E-state index in [0.29, 0.717) is 52.4 Å². The molecule has 1 aliphatic carbocycles. The predicted octanol–water partition coefficient (Wildman–Crippen LogP) is 9.56. The Morgan fingerprint density at radius 3 is 2.21 bits per heavy atom. The molecule has 3 heterocycles. The molecule has 3 saturated heterocycles. The summed E-state index contributed by atoms with van der Waals surface area (Å²) in [5.41, 5.74) is 2.09. The summed E-state index contributed by atoms with van der Waals surface area (Å²) in [5.74, 6) is -1.02. The molecule has 3 atom stereocenters. The fourth-order valence-corrected chi connectivity index (χ4v) is 7.09. The van der Waals surface area contributed by atoms with E-state index < -0.39 is 36.5 Å². The summed E-state index contributed by atoms with van der Waals surface area (Å²) in [5, 5.41) is 3.69. The number of allylic oxidation sites excluding steroid dienone is 2. The summed E-state index contributed by atoms with van der Waals surface area (Å²) >= 11 is 12.6. The van der Waals surface area contributed by atoms with Gasteiger partial charge in [-0.15, -0.1) is 0 Å². The van der Waals surface area contributed by atoms with Crippen molar-refractivity contribution in [1.82, 2.24) is 4.90 Å². The lowest BCUT2D eigenvalue weighted by Gasteiger charge is -2.44. The van der Waals surface area contributed by atoms with E-state index >= 15 is 0 Å². The molecule has 8 nitrogen and oxygen atoms in total. The van der Waals surface area contributed by atoms with Crippen molar-refractivity contribution in [3.8, 4) is 11.5 Å². The second-order valence-corrected chi connectivity index (χ2v) is 14.7. The van der Waals surface area contributed by atoms with E-state index in [2.05, 4.69) is 16.8 Å². The first-order chi connectivity index (χ1) is 25.4. The molecule has 282 valence electrons. The van der Waals surface area contributed by atoms with Gasteiger partial charge in [-0.25, -0.2) is 14.0 Å². The van der Waals surface area contributed by atoms with Crippen LogP contribution >= 0.6 is 23.2 Å². The van der Waals surface area contributed by atoms with Crippen LogP contribution in [0.3, 0.4) is 0 Å². The molecule has 7 rings (SSSR count). The van der Waals surface area contributed by atoms with Gasteiger partial charge < -0.3 is 24.3 Å². The standard InChI is InChI=1S/C40H41Cl2F3N2O6/c1-23(41)32(24(2)42)20-34(29-9-14-33(53-40(44)45)35(19-29)50-22-25-3-4-25)51-38(48)28-7-12-31(13-8-28)46-37(27-5-10-30(43)11-6-27)39(49)52-36-21-47-17-15-26(36)16-18-47/h5-14,19,25-26,34,36-37,40,46H,1,3-4,15-18,20-22H2,2H3/b32-24+/t34-,36-,37?/m0/s1. The van der Waals surface area contributed by atoms with E-state index in [1.54, 1.807) is 19.1 Å². The molecule has 53 heavy (non-hydrogen) atoms. The number of piperidine rings is 3. The number of benzene rings is 3. The molecular weight excluding hydrogens is 732 g/mol. The zero-order chi connectivity index (χ0) is 37.6. The first kappa shape index (κ1) is 38.5. The van der Waals surface area contributed by atoms with E-state index in [9.17, 15) is 22.8 Å². The Morgan fingerprint density at radius 1 is 0.943 bits per heavy atom. The molecule has 1 N–H and O–H groups in total. The summed E-state index contributed by atoms with van der Waals surface area (Å²) in [7, 11) is 0. The second-order valence-electron chi connectivity index (χ2n) is 13.7. The minimum Gasteiger partial charge on any atom is -0.489 e. The summed E-state index contributed by atoms with van der Waals surface area (Å²) in [6.45, 7) is 5.37. The van der Waals surface area contributed by atoms with Crippen LogP contribution in [-0.2, 0) is 14.3 Å². The molecule has 0 radical (unpaired) electrons. The molecule has 2 bridgehead atoms. The maximum absolute atomic E-state index is 13.8. The number of ether oxygens (including phenoxy) is 4. The molecule has 13 heteroatoms. The quantitative estimate of drug-likeness (QED) is 0.114. The normalized spacial score (nSPS) is 20.9. The molecule has 1 saturated carbocycles. The first-order valence-electron chi connectivity index (χ1n) is 17.6. The highest BCUT2D eigenvalue weighted by atomic mass is 35.5. The summed E-state index contributed by atoms with van der Waals surface area (Å²) in [6, 6.07) is 15.4. The molecule has 3 aliphatic heterocycles. The SMILES string of the molecule is C=C(Cl)/C(C[C@H](OC(=O)c1ccc(NC(C(=O)O[C@H]2CN3CCC2CC3)c2ccc(F)cc2)cc1)c1ccc(OC(F)F)c(OCC2CC2)c1)=C(\C)Cl. The van der Waals surface area contributed by atoms with Crippen LogP contribution in [0.1, 0.15) is 72.7 Å². The van der Waals surface area contributed by atoms with E-state index in [-0.39, 0.29) is 34.6 Å². The van der Waals surface area contributed by atoms with Crippen LogP contribution in [-0.4, -0.2) is 55.8 Å². The van der Waals surface area contributed by atoms with Gasteiger partial charge in [0.05, 0.1) is 12.2 Å². The van der Waals surface area contributed by atoms with Crippen molar-refractivity contribution in [2.24, 2.45) is 11.8 Å². The fraction of sp³-hybridized carbons (Fsp3) is 0.400. The van der Waals surface area contributed by atoms with Crippen LogP contribution in [0.2, 0.25) is 0 Å². The number of hydrogen-bond donors (Lipinski definition) is 1. The van der Waals surface area contributed by atoms with E-state index in [1.807, 2.05) is 0 Å². The lowest BCUT2D eigenvalue weighted by molar-refractivity contribution is -0.159. The Morgan fingerprint density at radius 2 is 1.62 bits per heavy atom. The Hall–Kier alpha value is -4.19. The second kappa shape index (κ2) is 17.3.